The smallest absolute Gasteiger partial charge is 0.416 e. The summed E-state index contributed by atoms with van der Waals surface area (Å²) in [7, 11) is 0. The Kier molecular flexibility index (Phi) is 5.23. The van der Waals surface area contributed by atoms with E-state index in [9.17, 15) is 22.8 Å². The molecule has 0 unspecified atom stereocenters. The molecule has 1 saturated carbocycles. The van der Waals surface area contributed by atoms with Crippen molar-refractivity contribution in [3.63, 3.8) is 0 Å². The first-order valence-electron chi connectivity index (χ1n) is 9.64. The van der Waals surface area contributed by atoms with Crippen molar-refractivity contribution in [3.05, 3.63) is 29.7 Å². The van der Waals surface area contributed by atoms with Crippen molar-refractivity contribution in [2.24, 2.45) is 0 Å². The number of likely N-dealkylation sites (tertiary alicyclic amines) is 1. The van der Waals surface area contributed by atoms with Crippen LogP contribution in [0.15, 0.2) is 22.6 Å². The Bertz CT molecular complexity index is 1000. The van der Waals surface area contributed by atoms with Crippen molar-refractivity contribution in [1.29, 1.82) is 0 Å². The Morgan fingerprint density at radius 3 is 2.65 bits per heavy atom. The van der Waals surface area contributed by atoms with Crippen molar-refractivity contribution < 1.29 is 37.0 Å². The van der Waals surface area contributed by atoms with Gasteiger partial charge in [0.1, 0.15) is 5.75 Å². The van der Waals surface area contributed by atoms with Crippen LogP contribution in [0.4, 0.5) is 18.0 Å². The third-order valence-electron chi connectivity index (χ3n) is 5.13. The molecular formula is C19H19F3N4O5. The summed E-state index contributed by atoms with van der Waals surface area (Å²) in [5.41, 5.74) is -0.969. The summed E-state index contributed by atoms with van der Waals surface area (Å²) in [6.07, 6.45) is -3.75. The lowest BCUT2D eigenvalue weighted by Crippen LogP contribution is -2.38. The number of halogens is 3. The van der Waals surface area contributed by atoms with Gasteiger partial charge in [0.2, 0.25) is 0 Å². The molecule has 1 saturated heterocycles. The van der Waals surface area contributed by atoms with Gasteiger partial charge in [-0.2, -0.15) is 13.2 Å². The molecule has 31 heavy (non-hydrogen) atoms. The maximum Gasteiger partial charge on any atom is 0.416 e. The summed E-state index contributed by atoms with van der Waals surface area (Å²) >= 11 is 0. The Labute approximate surface area is 174 Å². The van der Waals surface area contributed by atoms with Gasteiger partial charge in [0.25, 0.3) is 5.89 Å². The SMILES string of the molecule is C[C@@H]1C[C@@H](NC(=O)c2nnc(-c3cc(C(F)(F)F)ccc3OC3CC3)o2)CN1C(=O)O. The second kappa shape index (κ2) is 7.75. The first-order valence-corrected chi connectivity index (χ1v) is 9.64. The highest BCUT2D eigenvalue weighted by Gasteiger charge is 2.35. The molecule has 12 heteroatoms. The Morgan fingerprint density at radius 1 is 1.29 bits per heavy atom. The van der Waals surface area contributed by atoms with E-state index in [0.717, 1.165) is 25.0 Å². The van der Waals surface area contributed by atoms with E-state index in [2.05, 4.69) is 15.5 Å². The normalized spacial score (nSPS) is 21.2. The summed E-state index contributed by atoms with van der Waals surface area (Å²) in [5, 5.41) is 19.1. The average Bonchev–Trinajstić information content (AvgIpc) is 3.22. The second-order valence-electron chi connectivity index (χ2n) is 7.63. The predicted molar refractivity (Wildman–Crippen MR) is 98.5 cm³/mol. The van der Waals surface area contributed by atoms with E-state index in [1.807, 2.05) is 0 Å². The number of rotatable bonds is 5. The number of ether oxygens (including phenoxy) is 1. The van der Waals surface area contributed by atoms with Gasteiger partial charge in [-0.3, -0.25) is 4.79 Å². The van der Waals surface area contributed by atoms with Crippen molar-refractivity contribution in [1.82, 2.24) is 20.4 Å². The maximum atomic E-state index is 13.2. The number of hydrogen-bond donors (Lipinski definition) is 2. The van der Waals surface area contributed by atoms with Crippen LogP contribution in [0.5, 0.6) is 5.75 Å². The molecule has 166 valence electrons. The third kappa shape index (κ3) is 4.57. The number of carbonyl (C=O) groups is 2. The minimum Gasteiger partial charge on any atom is -0.490 e. The molecule has 2 aliphatic rings. The van der Waals surface area contributed by atoms with E-state index >= 15 is 0 Å². The lowest BCUT2D eigenvalue weighted by atomic mass is 10.1. The molecule has 1 aliphatic heterocycles. The number of amides is 2. The van der Waals surface area contributed by atoms with Crippen LogP contribution < -0.4 is 10.1 Å². The van der Waals surface area contributed by atoms with Crippen LogP contribution in [0, 0.1) is 0 Å². The highest BCUT2D eigenvalue weighted by atomic mass is 19.4. The standard InChI is InChI=1S/C19H19F3N4O5/c1-9-6-11(8-26(9)18(28)29)23-15(27)17-25-24-16(31-17)13-7-10(19(20,21)22)2-5-14(13)30-12-3-4-12/h2,5,7,9,11-12H,3-4,6,8H2,1H3,(H,23,27)(H,28,29)/t9-,11-/m1/s1. The molecular weight excluding hydrogens is 421 g/mol. The van der Waals surface area contributed by atoms with Crippen molar-refractivity contribution in [2.45, 2.75) is 50.6 Å². The molecule has 1 aliphatic carbocycles. The lowest BCUT2D eigenvalue weighted by Gasteiger charge is -2.16. The number of nitrogens with zero attached hydrogens (tertiary/aromatic N) is 3. The quantitative estimate of drug-likeness (QED) is 0.733. The zero-order chi connectivity index (χ0) is 22.3. The molecule has 2 N–H and O–H groups in total. The Balaban J connectivity index is 1.54. The number of aromatic nitrogens is 2. The van der Waals surface area contributed by atoms with Gasteiger partial charge in [0.05, 0.1) is 17.2 Å². The molecule has 1 aromatic heterocycles. The van der Waals surface area contributed by atoms with Gasteiger partial charge < -0.3 is 24.5 Å². The molecule has 1 aromatic carbocycles. The predicted octanol–water partition coefficient (Wildman–Crippen LogP) is 3.17. The van der Waals surface area contributed by atoms with Gasteiger partial charge in [-0.1, -0.05) is 0 Å². The van der Waals surface area contributed by atoms with Gasteiger partial charge in [-0.15, -0.1) is 10.2 Å². The molecule has 2 amide bonds. The van der Waals surface area contributed by atoms with Crippen LogP contribution >= 0.6 is 0 Å². The summed E-state index contributed by atoms with van der Waals surface area (Å²) in [5.74, 6) is -1.29. The fourth-order valence-corrected chi connectivity index (χ4v) is 3.41. The van der Waals surface area contributed by atoms with Crippen LogP contribution in [-0.2, 0) is 6.18 Å². The van der Waals surface area contributed by atoms with Crippen LogP contribution in [0.3, 0.4) is 0 Å². The number of hydrogen-bond acceptors (Lipinski definition) is 6. The number of carbonyl (C=O) groups excluding carboxylic acids is 1. The first-order chi connectivity index (χ1) is 14.6. The van der Waals surface area contributed by atoms with E-state index in [0.29, 0.717) is 6.42 Å². The zero-order valence-corrected chi connectivity index (χ0v) is 16.3. The maximum absolute atomic E-state index is 13.2. The van der Waals surface area contributed by atoms with E-state index in [-0.39, 0.29) is 35.9 Å². The monoisotopic (exact) mass is 440 g/mol. The number of alkyl halides is 3. The van der Waals surface area contributed by atoms with Gasteiger partial charge in [0, 0.05) is 18.6 Å². The van der Waals surface area contributed by atoms with Crippen molar-refractivity contribution in [3.8, 4) is 17.2 Å². The zero-order valence-electron chi connectivity index (χ0n) is 16.3. The summed E-state index contributed by atoms with van der Waals surface area (Å²) < 4.78 is 50.4. The average molecular weight is 440 g/mol. The highest BCUT2D eigenvalue weighted by molar-refractivity contribution is 5.90. The van der Waals surface area contributed by atoms with Gasteiger partial charge in [-0.05, 0) is 44.4 Å². The van der Waals surface area contributed by atoms with Crippen LogP contribution in [-0.4, -0.2) is 56.9 Å². The largest absolute Gasteiger partial charge is 0.490 e. The third-order valence-corrected chi connectivity index (χ3v) is 5.13. The summed E-state index contributed by atoms with van der Waals surface area (Å²) in [6, 6.07) is 2.22. The lowest BCUT2D eigenvalue weighted by molar-refractivity contribution is -0.137. The van der Waals surface area contributed by atoms with Crippen molar-refractivity contribution >= 4 is 12.0 Å². The van der Waals surface area contributed by atoms with E-state index in [1.54, 1.807) is 6.92 Å². The summed E-state index contributed by atoms with van der Waals surface area (Å²) in [6.45, 7) is 1.83. The fraction of sp³-hybridized carbons (Fsp3) is 0.474. The van der Waals surface area contributed by atoms with Crippen LogP contribution in [0.1, 0.15) is 42.4 Å². The van der Waals surface area contributed by atoms with Crippen LogP contribution in [0.2, 0.25) is 0 Å². The molecule has 2 heterocycles. The topological polar surface area (TPSA) is 118 Å². The Hall–Kier alpha value is -3.31. The van der Waals surface area contributed by atoms with E-state index < -0.39 is 35.7 Å². The van der Waals surface area contributed by atoms with E-state index in [4.69, 9.17) is 14.3 Å². The highest BCUT2D eigenvalue weighted by Crippen LogP contribution is 2.39. The fourth-order valence-electron chi connectivity index (χ4n) is 3.41. The number of nitrogens with one attached hydrogen (secondary N) is 1. The second-order valence-corrected chi connectivity index (χ2v) is 7.63. The first kappa shape index (κ1) is 20.9. The van der Waals surface area contributed by atoms with Gasteiger partial charge >= 0.3 is 24.1 Å². The molecule has 0 radical (unpaired) electrons. The molecule has 2 fully saturated rings. The molecule has 9 nitrogen and oxygen atoms in total. The van der Waals surface area contributed by atoms with Gasteiger partial charge in [0.15, 0.2) is 0 Å². The van der Waals surface area contributed by atoms with Crippen LogP contribution in [0.25, 0.3) is 11.5 Å². The minimum absolute atomic E-state index is 0.0557. The van der Waals surface area contributed by atoms with E-state index in [1.165, 1.54) is 11.0 Å². The van der Waals surface area contributed by atoms with Crippen molar-refractivity contribution in [2.75, 3.05) is 6.54 Å². The molecule has 4 rings (SSSR count). The molecule has 0 bridgehead atoms. The Morgan fingerprint density at radius 2 is 2.03 bits per heavy atom. The number of carboxylic acid groups (broad SMARTS) is 1. The summed E-state index contributed by atoms with van der Waals surface area (Å²) in [4.78, 5) is 24.8. The molecule has 2 aromatic rings. The number of benzene rings is 1. The molecule has 2 atom stereocenters. The van der Waals surface area contributed by atoms with Gasteiger partial charge in [-0.25, -0.2) is 4.79 Å². The molecule has 0 spiro atoms. The minimum atomic E-state index is -4.58.